The van der Waals surface area contributed by atoms with Crippen LogP contribution in [0.15, 0.2) is 0 Å². The Morgan fingerprint density at radius 1 is 1.44 bits per heavy atom. The van der Waals surface area contributed by atoms with E-state index in [1.165, 1.54) is 25.7 Å². The van der Waals surface area contributed by atoms with Crippen LogP contribution in [-0.2, 0) is 4.74 Å². The summed E-state index contributed by atoms with van der Waals surface area (Å²) >= 11 is 6.10. The summed E-state index contributed by atoms with van der Waals surface area (Å²) < 4.78 is 5.75. The molecule has 2 rings (SSSR count). The van der Waals surface area contributed by atoms with Crippen LogP contribution in [0.4, 0.5) is 0 Å². The second-order valence-electron chi connectivity index (χ2n) is 5.26. The Labute approximate surface area is 103 Å². The fraction of sp³-hybridized carbons (Fsp3) is 1.00. The van der Waals surface area contributed by atoms with Crippen molar-refractivity contribution in [3.8, 4) is 0 Å². The molecule has 1 atom stereocenters. The summed E-state index contributed by atoms with van der Waals surface area (Å²) in [6, 6.07) is 0. The number of nitrogens with zero attached hydrogens (tertiary/aromatic N) is 1. The Kier molecular flexibility index (Phi) is 4.48. The second-order valence-corrected chi connectivity index (χ2v) is 5.52. The topological polar surface area (TPSA) is 24.5 Å². The van der Waals surface area contributed by atoms with E-state index in [0.717, 1.165) is 32.1 Å². The second kappa shape index (κ2) is 5.67. The number of morpholine rings is 1. The van der Waals surface area contributed by atoms with Crippen molar-refractivity contribution < 1.29 is 4.74 Å². The third-order valence-electron chi connectivity index (χ3n) is 3.86. The monoisotopic (exact) mass is 246 g/mol. The van der Waals surface area contributed by atoms with Crippen molar-refractivity contribution >= 4 is 11.6 Å². The molecular formula is C12H23ClN2O. The lowest BCUT2D eigenvalue weighted by Crippen LogP contribution is -2.52. The molecule has 1 aliphatic carbocycles. The highest BCUT2D eigenvalue weighted by Crippen LogP contribution is 2.30. The van der Waals surface area contributed by atoms with Gasteiger partial charge in [-0.1, -0.05) is 12.8 Å². The zero-order valence-corrected chi connectivity index (χ0v) is 10.9. The number of ether oxygens (including phenoxy) is 1. The molecule has 2 fully saturated rings. The lowest BCUT2D eigenvalue weighted by Gasteiger charge is -2.34. The number of hydrogen-bond acceptors (Lipinski definition) is 3. The van der Waals surface area contributed by atoms with Crippen molar-refractivity contribution in [1.29, 1.82) is 0 Å². The van der Waals surface area contributed by atoms with Crippen LogP contribution in [0.3, 0.4) is 0 Å². The van der Waals surface area contributed by atoms with Crippen molar-refractivity contribution in [3.05, 3.63) is 0 Å². The van der Waals surface area contributed by atoms with Crippen LogP contribution >= 0.6 is 11.6 Å². The molecule has 0 bridgehead atoms. The average molecular weight is 247 g/mol. The van der Waals surface area contributed by atoms with E-state index in [4.69, 9.17) is 16.3 Å². The van der Waals surface area contributed by atoms with E-state index >= 15 is 0 Å². The molecule has 3 nitrogen and oxygen atoms in total. The molecule has 94 valence electrons. The molecule has 1 saturated heterocycles. The number of alkyl halides is 1. The van der Waals surface area contributed by atoms with Gasteiger partial charge in [0.05, 0.1) is 12.7 Å². The quantitative estimate of drug-likeness (QED) is 0.761. The molecule has 0 aromatic carbocycles. The van der Waals surface area contributed by atoms with Crippen molar-refractivity contribution in [2.24, 2.45) is 0 Å². The molecule has 0 spiro atoms. The van der Waals surface area contributed by atoms with Gasteiger partial charge in [-0.15, -0.1) is 11.6 Å². The minimum Gasteiger partial charge on any atom is -0.374 e. The predicted molar refractivity (Wildman–Crippen MR) is 67.2 cm³/mol. The highest BCUT2D eigenvalue weighted by Gasteiger charge is 2.33. The summed E-state index contributed by atoms with van der Waals surface area (Å²) in [6.45, 7) is 3.89. The maximum atomic E-state index is 6.10. The van der Waals surface area contributed by atoms with Crippen LogP contribution in [0.25, 0.3) is 0 Å². The summed E-state index contributed by atoms with van der Waals surface area (Å²) in [4.78, 5) is 2.33. The summed E-state index contributed by atoms with van der Waals surface area (Å²) in [5.41, 5.74) is 0.195. The number of rotatable bonds is 4. The first kappa shape index (κ1) is 12.6. The molecule has 4 heteroatoms. The van der Waals surface area contributed by atoms with E-state index in [-0.39, 0.29) is 5.54 Å². The fourth-order valence-corrected chi connectivity index (χ4v) is 3.09. The molecule has 1 saturated carbocycles. The number of nitrogens with one attached hydrogen (secondary N) is 1. The number of halogens is 1. The van der Waals surface area contributed by atoms with Crippen LogP contribution in [0.5, 0.6) is 0 Å². The van der Waals surface area contributed by atoms with Crippen molar-refractivity contribution in [2.75, 3.05) is 39.2 Å². The van der Waals surface area contributed by atoms with Crippen molar-refractivity contribution in [3.63, 3.8) is 0 Å². The summed E-state index contributed by atoms with van der Waals surface area (Å²) in [7, 11) is 2.16. The Hall–Kier alpha value is 0.170. The van der Waals surface area contributed by atoms with E-state index in [1.54, 1.807) is 0 Å². The lowest BCUT2D eigenvalue weighted by atomic mass is 10.00. The van der Waals surface area contributed by atoms with Crippen LogP contribution in [0, 0.1) is 0 Å². The minimum absolute atomic E-state index is 0.195. The fourth-order valence-electron chi connectivity index (χ4n) is 2.73. The molecule has 1 unspecified atom stereocenters. The van der Waals surface area contributed by atoms with E-state index in [1.807, 2.05) is 0 Å². The summed E-state index contributed by atoms with van der Waals surface area (Å²) in [6.07, 6.45) is 5.40. The van der Waals surface area contributed by atoms with Gasteiger partial charge in [0.15, 0.2) is 0 Å². The summed E-state index contributed by atoms with van der Waals surface area (Å²) in [5, 5.41) is 3.65. The molecule has 0 amide bonds. The lowest BCUT2D eigenvalue weighted by molar-refractivity contribution is -0.0211. The Morgan fingerprint density at radius 3 is 2.81 bits per heavy atom. The number of likely N-dealkylation sites (N-methyl/N-ethyl adjacent to an activating group) is 1. The van der Waals surface area contributed by atoms with Gasteiger partial charge in [-0.25, -0.2) is 0 Å². The zero-order chi connectivity index (χ0) is 11.4. The molecule has 1 N–H and O–H groups in total. The van der Waals surface area contributed by atoms with Crippen LogP contribution in [0.2, 0.25) is 0 Å². The molecule has 0 aromatic rings. The van der Waals surface area contributed by atoms with Crippen LogP contribution < -0.4 is 5.32 Å². The van der Waals surface area contributed by atoms with Crippen molar-refractivity contribution in [2.45, 2.75) is 37.3 Å². The van der Waals surface area contributed by atoms with Crippen LogP contribution in [-0.4, -0.2) is 55.7 Å². The third kappa shape index (κ3) is 3.10. The van der Waals surface area contributed by atoms with Gasteiger partial charge < -0.3 is 15.0 Å². The van der Waals surface area contributed by atoms with Gasteiger partial charge in [-0.05, 0) is 19.9 Å². The van der Waals surface area contributed by atoms with Gasteiger partial charge in [0, 0.05) is 31.1 Å². The smallest absolute Gasteiger partial charge is 0.0826 e. The van der Waals surface area contributed by atoms with E-state index in [2.05, 4.69) is 17.3 Å². The van der Waals surface area contributed by atoms with Crippen molar-refractivity contribution in [1.82, 2.24) is 10.2 Å². The first-order chi connectivity index (χ1) is 7.74. The summed E-state index contributed by atoms with van der Waals surface area (Å²) in [5.74, 6) is 0.732. The standard InChI is InChI=1S/C12H23ClN2O/c1-15-6-7-16-11(9-15)8-14-12(10-13)4-2-3-5-12/h11,14H,2-10H2,1H3. The van der Waals surface area contributed by atoms with Gasteiger partial charge in [-0.3, -0.25) is 0 Å². The average Bonchev–Trinajstić information content (AvgIpc) is 2.76. The Balaban J connectivity index is 1.77. The largest absolute Gasteiger partial charge is 0.374 e. The molecule has 1 aliphatic heterocycles. The molecule has 1 heterocycles. The van der Waals surface area contributed by atoms with Crippen LogP contribution in [0.1, 0.15) is 25.7 Å². The van der Waals surface area contributed by atoms with Gasteiger partial charge in [0.1, 0.15) is 0 Å². The zero-order valence-electron chi connectivity index (χ0n) is 10.2. The van der Waals surface area contributed by atoms with Gasteiger partial charge in [0.2, 0.25) is 0 Å². The minimum atomic E-state index is 0.195. The number of hydrogen-bond donors (Lipinski definition) is 1. The molecule has 16 heavy (non-hydrogen) atoms. The first-order valence-corrected chi connectivity index (χ1v) is 6.89. The van der Waals surface area contributed by atoms with Gasteiger partial charge >= 0.3 is 0 Å². The Morgan fingerprint density at radius 2 is 2.19 bits per heavy atom. The highest BCUT2D eigenvalue weighted by molar-refractivity contribution is 6.18. The van der Waals surface area contributed by atoms with E-state index in [9.17, 15) is 0 Å². The van der Waals surface area contributed by atoms with E-state index < -0.39 is 0 Å². The maximum absolute atomic E-state index is 6.10. The third-order valence-corrected chi connectivity index (χ3v) is 4.37. The molecular weight excluding hydrogens is 224 g/mol. The molecule has 2 aliphatic rings. The maximum Gasteiger partial charge on any atom is 0.0826 e. The molecule has 0 aromatic heterocycles. The first-order valence-electron chi connectivity index (χ1n) is 6.35. The molecule has 0 radical (unpaired) electrons. The Bertz CT molecular complexity index is 219. The van der Waals surface area contributed by atoms with Gasteiger partial charge in [0.25, 0.3) is 0 Å². The predicted octanol–water partition coefficient (Wildman–Crippen LogP) is 1.46. The SMILES string of the molecule is CN1CCOC(CNC2(CCl)CCCC2)C1. The normalized spacial score (nSPS) is 30.8. The van der Waals surface area contributed by atoms with Gasteiger partial charge in [-0.2, -0.15) is 0 Å². The van der Waals surface area contributed by atoms with E-state index in [0.29, 0.717) is 6.10 Å². The highest BCUT2D eigenvalue weighted by atomic mass is 35.5.